The number of nitrogens with zero attached hydrogens (tertiary/aromatic N) is 1. The molecular formula is C20H25FN2O3. The second-order valence-corrected chi connectivity index (χ2v) is 5.07. The van der Waals surface area contributed by atoms with Gasteiger partial charge in [-0.05, 0) is 36.8 Å². The number of allylic oxidation sites excluding steroid dienone is 5. The second kappa shape index (κ2) is 13.4. The number of hydrogen-bond acceptors (Lipinski definition) is 3. The SMILES string of the molecule is C/C=C\C=C(\F)C(C)/C=C/C(=O)Nc1ccc(CC(=O)N=O)cc1.CC. The molecule has 1 aromatic carbocycles. The van der Waals surface area contributed by atoms with Gasteiger partial charge in [0.15, 0.2) is 0 Å². The van der Waals surface area contributed by atoms with Gasteiger partial charge in [-0.3, -0.25) is 9.59 Å². The van der Waals surface area contributed by atoms with E-state index in [9.17, 15) is 18.9 Å². The topological polar surface area (TPSA) is 75.6 Å². The lowest BCUT2D eigenvalue weighted by molar-refractivity contribution is -0.117. The van der Waals surface area contributed by atoms with Crippen LogP contribution in [0.15, 0.2) is 65.6 Å². The molecule has 0 aliphatic carbocycles. The molecule has 140 valence electrons. The van der Waals surface area contributed by atoms with Crippen LogP contribution < -0.4 is 5.32 Å². The standard InChI is InChI=1S/C18H19FN2O3.C2H6/c1-3-4-5-16(19)13(2)6-11-17(22)20-15-9-7-14(8-10-15)12-18(23)21-24;1-2/h3-11,13H,12H2,1-2H3,(H,20,22);1-2H3/b4-3-,11-6+,16-5+;. The van der Waals surface area contributed by atoms with Gasteiger partial charge in [0.1, 0.15) is 5.83 Å². The van der Waals surface area contributed by atoms with Gasteiger partial charge in [0, 0.05) is 16.8 Å². The molecule has 5 nitrogen and oxygen atoms in total. The lowest BCUT2D eigenvalue weighted by atomic mass is 10.1. The van der Waals surface area contributed by atoms with Crippen molar-refractivity contribution in [1.82, 2.24) is 0 Å². The first-order chi connectivity index (χ1) is 12.5. The highest BCUT2D eigenvalue weighted by Gasteiger charge is 2.06. The van der Waals surface area contributed by atoms with Crippen molar-refractivity contribution in [1.29, 1.82) is 0 Å². The fourth-order valence-electron chi connectivity index (χ4n) is 1.76. The monoisotopic (exact) mass is 360 g/mol. The van der Waals surface area contributed by atoms with Crippen LogP contribution in [0.1, 0.15) is 33.3 Å². The molecule has 1 rings (SSSR count). The lowest BCUT2D eigenvalue weighted by Crippen LogP contribution is -2.08. The van der Waals surface area contributed by atoms with Crippen molar-refractivity contribution in [3.8, 4) is 0 Å². The van der Waals surface area contributed by atoms with Crippen LogP contribution in [0.3, 0.4) is 0 Å². The van der Waals surface area contributed by atoms with Crippen LogP contribution in [0, 0.1) is 10.8 Å². The number of halogens is 1. The third kappa shape index (κ3) is 9.42. The minimum absolute atomic E-state index is 0.0764. The third-order valence-corrected chi connectivity index (χ3v) is 3.10. The van der Waals surface area contributed by atoms with Crippen LogP contribution in [0.25, 0.3) is 0 Å². The Hall–Kier alpha value is -2.89. The first kappa shape index (κ1) is 23.1. The molecule has 1 atom stereocenters. The Bertz CT molecular complexity index is 677. The molecule has 1 aromatic rings. The molecule has 6 heteroatoms. The summed E-state index contributed by atoms with van der Waals surface area (Å²) in [4.78, 5) is 32.8. The normalized spacial score (nSPS) is 12.4. The fourth-order valence-corrected chi connectivity index (χ4v) is 1.76. The average Bonchev–Trinajstić information content (AvgIpc) is 2.67. The van der Waals surface area contributed by atoms with Gasteiger partial charge in [-0.1, -0.05) is 51.1 Å². The van der Waals surface area contributed by atoms with E-state index < -0.39 is 11.8 Å². The number of carbonyl (C=O) groups is 2. The highest BCUT2D eigenvalue weighted by molar-refractivity contribution is 5.99. The summed E-state index contributed by atoms with van der Waals surface area (Å²) in [5, 5.41) is 4.94. The number of anilines is 1. The molecule has 0 heterocycles. The van der Waals surface area contributed by atoms with Gasteiger partial charge in [-0.25, -0.2) is 4.39 Å². The Morgan fingerprint density at radius 3 is 2.38 bits per heavy atom. The largest absolute Gasteiger partial charge is 0.323 e. The maximum absolute atomic E-state index is 13.6. The summed E-state index contributed by atoms with van der Waals surface area (Å²) in [6.07, 6.45) is 7.31. The van der Waals surface area contributed by atoms with Crippen LogP contribution >= 0.6 is 0 Å². The van der Waals surface area contributed by atoms with E-state index in [-0.39, 0.29) is 18.2 Å². The minimum Gasteiger partial charge on any atom is -0.323 e. The highest BCUT2D eigenvalue weighted by atomic mass is 19.1. The summed E-state index contributed by atoms with van der Waals surface area (Å²) in [7, 11) is 0. The van der Waals surface area contributed by atoms with Gasteiger partial charge in [-0.2, -0.15) is 0 Å². The van der Waals surface area contributed by atoms with Gasteiger partial charge < -0.3 is 5.32 Å². The molecule has 0 bridgehead atoms. The molecule has 26 heavy (non-hydrogen) atoms. The highest BCUT2D eigenvalue weighted by Crippen LogP contribution is 2.14. The summed E-state index contributed by atoms with van der Waals surface area (Å²) < 4.78 is 13.6. The van der Waals surface area contributed by atoms with Gasteiger partial charge in [-0.15, -0.1) is 4.91 Å². The van der Waals surface area contributed by atoms with E-state index in [0.717, 1.165) is 0 Å². The number of benzene rings is 1. The van der Waals surface area contributed by atoms with E-state index in [1.165, 1.54) is 18.2 Å². The van der Waals surface area contributed by atoms with Gasteiger partial charge in [0.05, 0.1) is 6.42 Å². The van der Waals surface area contributed by atoms with Crippen molar-refractivity contribution >= 4 is 17.5 Å². The van der Waals surface area contributed by atoms with E-state index in [1.807, 2.05) is 13.8 Å². The fraction of sp³-hybridized carbons (Fsp3) is 0.300. The first-order valence-corrected chi connectivity index (χ1v) is 8.39. The van der Waals surface area contributed by atoms with Crippen LogP contribution in [0.5, 0.6) is 0 Å². The Labute approximate surface area is 153 Å². The maximum Gasteiger partial charge on any atom is 0.290 e. The zero-order valence-electron chi connectivity index (χ0n) is 15.5. The van der Waals surface area contributed by atoms with Gasteiger partial charge in [0.25, 0.3) is 5.91 Å². The zero-order valence-corrected chi connectivity index (χ0v) is 15.5. The van der Waals surface area contributed by atoms with E-state index in [0.29, 0.717) is 11.3 Å². The molecule has 0 saturated heterocycles. The first-order valence-electron chi connectivity index (χ1n) is 8.39. The lowest BCUT2D eigenvalue weighted by Gasteiger charge is -2.05. The van der Waals surface area contributed by atoms with E-state index in [4.69, 9.17) is 0 Å². The van der Waals surface area contributed by atoms with Crippen molar-refractivity contribution in [2.45, 2.75) is 34.1 Å². The number of nitroso groups, excluding NO2 is 1. The van der Waals surface area contributed by atoms with Gasteiger partial charge >= 0.3 is 0 Å². The van der Waals surface area contributed by atoms with Crippen LogP contribution in [0.4, 0.5) is 10.1 Å². The number of amides is 2. The summed E-state index contributed by atoms with van der Waals surface area (Å²) in [6, 6.07) is 6.44. The summed E-state index contributed by atoms with van der Waals surface area (Å²) in [6.45, 7) is 7.43. The maximum atomic E-state index is 13.6. The Balaban J connectivity index is 0.00000301. The predicted molar refractivity (Wildman–Crippen MR) is 103 cm³/mol. The molecule has 0 radical (unpaired) electrons. The Kier molecular flexibility index (Phi) is 11.9. The number of nitrogens with one attached hydrogen (secondary N) is 1. The smallest absolute Gasteiger partial charge is 0.290 e. The van der Waals surface area contributed by atoms with Crippen LogP contribution in [0.2, 0.25) is 0 Å². The molecule has 0 saturated carbocycles. The summed E-state index contributed by atoms with van der Waals surface area (Å²) >= 11 is 0. The number of carbonyl (C=O) groups excluding carboxylic acids is 2. The molecule has 0 aliphatic heterocycles. The van der Waals surface area contributed by atoms with Crippen molar-refractivity contribution in [2.75, 3.05) is 5.32 Å². The molecule has 0 spiro atoms. The minimum atomic E-state index is -0.753. The van der Waals surface area contributed by atoms with Crippen LogP contribution in [-0.4, -0.2) is 11.8 Å². The van der Waals surface area contributed by atoms with Crippen molar-refractivity contribution in [3.05, 3.63) is 70.9 Å². The molecule has 2 amide bonds. The van der Waals surface area contributed by atoms with E-state index >= 15 is 0 Å². The molecule has 1 N–H and O–H groups in total. The molecule has 0 fully saturated rings. The molecule has 0 aliphatic rings. The number of rotatable bonds is 7. The molecular weight excluding hydrogens is 335 g/mol. The van der Waals surface area contributed by atoms with Crippen molar-refractivity contribution in [3.63, 3.8) is 0 Å². The Morgan fingerprint density at radius 1 is 1.23 bits per heavy atom. The quantitative estimate of drug-likeness (QED) is 0.417. The van der Waals surface area contributed by atoms with Crippen molar-refractivity contribution in [2.24, 2.45) is 11.1 Å². The summed E-state index contributed by atoms with van der Waals surface area (Å²) in [5.74, 6) is -1.98. The average molecular weight is 360 g/mol. The van der Waals surface area contributed by atoms with Crippen molar-refractivity contribution < 1.29 is 14.0 Å². The zero-order chi connectivity index (χ0) is 19.9. The summed E-state index contributed by atoms with van der Waals surface area (Å²) in [5.41, 5.74) is 1.15. The van der Waals surface area contributed by atoms with E-state index in [1.54, 1.807) is 50.3 Å². The molecule has 1 unspecified atom stereocenters. The Morgan fingerprint density at radius 2 is 1.85 bits per heavy atom. The predicted octanol–water partition coefficient (Wildman–Crippen LogP) is 5.11. The van der Waals surface area contributed by atoms with E-state index in [2.05, 4.69) is 10.5 Å². The molecule has 0 aromatic heterocycles. The third-order valence-electron chi connectivity index (χ3n) is 3.10. The van der Waals surface area contributed by atoms with Gasteiger partial charge in [0.2, 0.25) is 5.91 Å². The van der Waals surface area contributed by atoms with Crippen LogP contribution in [-0.2, 0) is 16.0 Å². The number of hydrogen-bond donors (Lipinski definition) is 1. The second-order valence-electron chi connectivity index (χ2n) is 5.07.